The minimum atomic E-state index is -0.394. The number of rotatable bonds is 6. The second-order valence-corrected chi connectivity index (χ2v) is 7.69. The molecule has 0 saturated carbocycles. The Hall–Kier alpha value is -3.23. The number of benzene rings is 2. The molecule has 2 aromatic carbocycles. The summed E-state index contributed by atoms with van der Waals surface area (Å²) in [6, 6.07) is 10.1. The molecule has 0 atom stereocenters. The van der Waals surface area contributed by atoms with Gasteiger partial charge in [-0.2, -0.15) is 10.2 Å². The molecule has 160 valence electrons. The molecule has 0 radical (unpaired) electrons. The minimum Gasteiger partial charge on any atom is -0.395 e. The van der Waals surface area contributed by atoms with Gasteiger partial charge in [0.1, 0.15) is 5.82 Å². The molecule has 2 aromatic heterocycles. The average molecular weight is 442 g/mol. The van der Waals surface area contributed by atoms with Gasteiger partial charge in [0.2, 0.25) is 0 Å². The van der Waals surface area contributed by atoms with Crippen molar-refractivity contribution in [3.05, 3.63) is 75.9 Å². The highest BCUT2D eigenvalue weighted by Gasteiger charge is 2.20. The molecule has 7 nitrogen and oxygen atoms in total. The van der Waals surface area contributed by atoms with Gasteiger partial charge in [-0.05, 0) is 49.7 Å². The number of nitrogens with one attached hydrogen (secondary N) is 1. The zero-order valence-corrected chi connectivity index (χ0v) is 17.8. The largest absolute Gasteiger partial charge is 0.395 e. The summed E-state index contributed by atoms with van der Waals surface area (Å²) in [5, 5.41) is 22.0. The number of amides is 1. The number of hydrogen-bond donors (Lipinski definition) is 2. The van der Waals surface area contributed by atoms with Crippen LogP contribution in [0.3, 0.4) is 0 Å². The van der Waals surface area contributed by atoms with Gasteiger partial charge in [-0.25, -0.2) is 9.07 Å². The average Bonchev–Trinajstić information content (AvgIpc) is 3.24. The molecule has 2 heterocycles. The molecule has 0 saturated heterocycles. The van der Waals surface area contributed by atoms with Crippen LogP contribution in [-0.2, 0) is 6.54 Å². The Morgan fingerprint density at radius 3 is 2.77 bits per heavy atom. The fraction of sp³-hybridized carbons (Fsp3) is 0.227. The number of aliphatic hydroxyl groups is 1. The van der Waals surface area contributed by atoms with Gasteiger partial charge in [0.15, 0.2) is 0 Å². The summed E-state index contributed by atoms with van der Waals surface area (Å²) >= 11 is 5.96. The van der Waals surface area contributed by atoms with E-state index < -0.39 is 5.82 Å². The van der Waals surface area contributed by atoms with E-state index >= 15 is 0 Å². The molecule has 2 N–H and O–H groups in total. The molecule has 0 unspecified atom stereocenters. The van der Waals surface area contributed by atoms with Crippen LogP contribution >= 0.6 is 11.6 Å². The molecule has 1 amide bonds. The molecule has 0 spiro atoms. The maximum absolute atomic E-state index is 13.7. The van der Waals surface area contributed by atoms with Gasteiger partial charge in [0.05, 0.1) is 41.3 Å². The number of aryl methyl sites for hydroxylation is 1. The molecule has 0 aliphatic rings. The molecule has 0 aliphatic carbocycles. The molecule has 0 fully saturated rings. The number of nitrogens with zero attached hydrogens (tertiary/aromatic N) is 4. The smallest absolute Gasteiger partial charge is 0.255 e. The Labute approximate surface area is 183 Å². The number of carbonyl (C=O) groups is 1. The quantitative estimate of drug-likeness (QED) is 0.480. The number of aliphatic hydroxyl groups excluding tert-OH is 1. The van der Waals surface area contributed by atoms with E-state index in [1.807, 2.05) is 31.3 Å². The third-order valence-electron chi connectivity index (χ3n) is 4.99. The van der Waals surface area contributed by atoms with Crippen molar-refractivity contribution >= 4 is 28.4 Å². The van der Waals surface area contributed by atoms with Crippen molar-refractivity contribution in [2.75, 3.05) is 13.2 Å². The normalized spacial score (nSPS) is 11.3. The summed E-state index contributed by atoms with van der Waals surface area (Å²) < 4.78 is 17.1. The number of aromatic nitrogens is 4. The summed E-state index contributed by atoms with van der Waals surface area (Å²) in [6.45, 7) is 4.00. The SMILES string of the molecule is Cc1nn(-c2cccc3nn(Cc4cc(F)cc(Cl)c4)cc23)c(C)c1C(=O)NCCO. The monoisotopic (exact) mass is 441 g/mol. The van der Waals surface area contributed by atoms with Gasteiger partial charge in [-0.1, -0.05) is 17.7 Å². The standard InChI is InChI=1S/C22H21ClFN5O2/c1-13-21(22(31)25-6-7-30)14(2)29(26-13)20-5-3-4-19-18(20)12-28(27-19)11-15-8-16(23)10-17(24)9-15/h3-5,8-10,12,30H,6-7,11H2,1-2H3,(H,25,31). The van der Waals surface area contributed by atoms with E-state index in [9.17, 15) is 9.18 Å². The highest BCUT2D eigenvalue weighted by molar-refractivity contribution is 6.30. The molecular formula is C22H21ClFN5O2. The third kappa shape index (κ3) is 4.17. The van der Waals surface area contributed by atoms with Crippen LogP contribution in [0.25, 0.3) is 16.6 Å². The van der Waals surface area contributed by atoms with Crippen LogP contribution in [0.15, 0.2) is 42.6 Å². The molecule has 9 heteroatoms. The van der Waals surface area contributed by atoms with E-state index in [0.29, 0.717) is 34.1 Å². The first kappa shape index (κ1) is 21.0. The molecular weight excluding hydrogens is 421 g/mol. The second kappa shape index (κ2) is 8.49. The Kier molecular flexibility index (Phi) is 5.75. The maximum atomic E-state index is 13.7. The Morgan fingerprint density at radius 2 is 2.03 bits per heavy atom. The number of hydrogen-bond acceptors (Lipinski definition) is 4. The maximum Gasteiger partial charge on any atom is 0.255 e. The predicted molar refractivity (Wildman–Crippen MR) is 116 cm³/mol. The van der Waals surface area contributed by atoms with Crippen molar-refractivity contribution in [1.82, 2.24) is 24.9 Å². The van der Waals surface area contributed by atoms with E-state index in [1.165, 1.54) is 12.1 Å². The van der Waals surface area contributed by atoms with E-state index in [0.717, 1.165) is 16.6 Å². The molecule has 31 heavy (non-hydrogen) atoms. The fourth-order valence-corrected chi connectivity index (χ4v) is 3.94. The molecule has 0 bridgehead atoms. The van der Waals surface area contributed by atoms with E-state index in [4.69, 9.17) is 16.7 Å². The summed E-state index contributed by atoms with van der Waals surface area (Å²) in [5.74, 6) is -0.671. The predicted octanol–water partition coefficient (Wildman–Crippen LogP) is 3.40. The molecule has 4 aromatic rings. The first-order valence-electron chi connectivity index (χ1n) is 9.74. The van der Waals surface area contributed by atoms with Crippen LogP contribution in [0.4, 0.5) is 4.39 Å². The van der Waals surface area contributed by atoms with Crippen LogP contribution in [0.1, 0.15) is 27.3 Å². The van der Waals surface area contributed by atoms with Gasteiger partial charge < -0.3 is 10.4 Å². The lowest BCUT2D eigenvalue weighted by molar-refractivity contribution is 0.0943. The summed E-state index contributed by atoms with van der Waals surface area (Å²) in [5.41, 5.74) is 3.99. The molecule has 0 aliphatic heterocycles. The van der Waals surface area contributed by atoms with Gasteiger partial charge in [0, 0.05) is 23.2 Å². The Balaban J connectivity index is 1.73. The highest BCUT2D eigenvalue weighted by atomic mass is 35.5. The van der Waals surface area contributed by atoms with Gasteiger partial charge >= 0.3 is 0 Å². The molecule has 4 rings (SSSR count). The van der Waals surface area contributed by atoms with Crippen molar-refractivity contribution in [1.29, 1.82) is 0 Å². The lowest BCUT2D eigenvalue weighted by Gasteiger charge is -2.07. The first-order chi connectivity index (χ1) is 14.9. The zero-order chi connectivity index (χ0) is 22.1. The zero-order valence-electron chi connectivity index (χ0n) is 17.1. The number of halogens is 2. The third-order valence-corrected chi connectivity index (χ3v) is 5.20. The van der Waals surface area contributed by atoms with Crippen molar-refractivity contribution < 1.29 is 14.3 Å². The van der Waals surface area contributed by atoms with Gasteiger partial charge in [-0.15, -0.1) is 0 Å². The van der Waals surface area contributed by atoms with E-state index in [1.54, 1.807) is 22.4 Å². The summed E-state index contributed by atoms with van der Waals surface area (Å²) in [4.78, 5) is 12.5. The Morgan fingerprint density at radius 1 is 1.23 bits per heavy atom. The van der Waals surface area contributed by atoms with Crippen molar-refractivity contribution in [2.24, 2.45) is 0 Å². The van der Waals surface area contributed by atoms with Gasteiger partial charge in [-0.3, -0.25) is 9.48 Å². The van der Waals surface area contributed by atoms with E-state index in [-0.39, 0.29) is 19.1 Å². The number of fused-ring (bicyclic) bond motifs is 1. The highest BCUT2D eigenvalue weighted by Crippen LogP contribution is 2.25. The van der Waals surface area contributed by atoms with Crippen molar-refractivity contribution in [3.8, 4) is 5.69 Å². The van der Waals surface area contributed by atoms with Crippen LogP contribution < -0.4 is 5.32 Å². The first-order valence-corrected chi connectivity index (χ1v) is 10.1. The fourth-order valence-electron chi connectivity index (χ4n) is 3.70. The van der Waals surface area contributed by atoms with Crippen molar-refractivity contribution in [3.63, 3.8) is 0 Å². The Bertz CT molecular complexity index is 1260. The van der Waals surface area contributed by atoms with Crippen LogP contribution in [0.5, 0.6) is 0 Å². The van der Waals surface area contributed by atoms with E-state index in [2.05, 4.69) is 15.5 Å². The van der Waals surface area contributed by atoms with Crippen LogP contribution in [0, 0.1) is 19.7 Å². The van der Waals surface area contributed by atoms with Crippen molar-refractivity contribution in [2.45, 2.75) is 20.4 Å². The second-order valence-electron chi connectivity index (χ2n) is 7.25. The lowest BCUT2D eigenvalue weighted by Crippen LogP contribution is -2.27. The van der Waals surface area contributed by atoms with Gasteiger partial charge in [0.25, 0.3) is 5.91 Å². The van der Waals surface area contributed by atoms with Crippen LogP contribution in [-0.4, -0.2) is 43.7 Å². The van der Waals surface area contributed by atoms with Crippen LogP contribution in [0.2, 0.25) is 5.02 Å². The lowest BCUT2D eigenvalue weighted by atomic mass is 10.1. The topological polar surface area (TPSA) is 85.0 Å². The summed E-state index contributed by atoms with van der Waals surface area (Å²) in [7, 11) is 0. The number of carbonyl (C=O) groups excluding carboxylic acids is 1. The summed E-state index contributed by atoms with van der Waals surface area (Å²) in [6.07, 6.45) is 1.87. The minimum absolute atomic E-state index is 0.132.